The zero-order valence-corrected chi connectivity index (χ0v) is 12.5. The number of carbonyl (C=O) groups is 1. The molecule has 1 aromatic heterocycles. The Labute approximate surface area is 125 Å². The van der Waals surface area contributed by atoms with Gasteiger partial charge in [0.25, 0.3) is 0 Å². The monoisotopic (exact) mass is 284 g/mol. The number of nitrogens with zero attached hydrogens (tertiary/aromatic N) is 2. The quantitative estimate of drug-likeness (QED) is 0.733. The molecule has 0 aliphatic heterocycles. The van der Waals surface area contributed by atoms with Gasteiger partial charge in [-0.3, -0.25) is 14.7 Å². The average Bonchev–Trinajstić information content (AvgIpc) is 2.49. The van der Waals surface area contributed by atoms with E-state index in [1.165, 1.54) is 0 Å². The third-order valence-electron chi connectivity index (χ3n) is 3.08. The van der Waals surface area contributed by atoms with Crippen LogP contribution in [0.1, 0.15) is 22.8 Å². The summed E-state index contributed by atoms with van der Waals surface area (Å²) in [7, 11) is 1.93. The maximum absolute atomic E-state index is 12.2. The highest BCUT2D eigenvalue weighted by Crippen LogP contribution is 2.13. The molecule has 0 saturated carbocycles. The van der Waals surface area contributed by atoms with Crippen molar-refractivity contribution in [2.45, 2.75) is 13.5 Å². The first kappa shape index (κ1) is 15.2. The predicted molar refractivity (Wildman–Crippen MR) is 82.5 cm³/mol. The Bertz CT molecular complexity index is 567. The van der Waals surface area contributed by atoms with Crippen molar-refractivity contribution in [1.82, 2.24) is 9.88 Å². The fourth-order valence-corrected chi connectivity index (χ4v) is 2.10. The Morgan fingerprint density at radius 2 is 2.00 bits per heavy atom. The summed E-state index contributed by atoms with van der Waals surface area (Å²) in [5.41, 5.74) is 1.80. The number of pyridine rings is 1. The molecule has 110 valence electrons. The molecule has 0 bridgehead atoms. The number of ketones is 1. The smallest absolute Gasteiger partial charge is 0.176 e. The standard InChI is InChI=1S/C17H20N2O2/c1-3-21-16-8-6-15(7-9-16)17(20)13-19(2)12-14-5-4-10-18-11-14/h4-11H,3,12-13H2,1-2H3. The second kappa shape index (κ2) is 7.55. The average molecular weight is 284 g/mol. The van der Waals surface area contributed by atoms with E-state index in [2.05, 4.69) is 4.98 Å². The molecule has 4 heteroatoms. The molecule has 2 rings (SSSR count). The molecule has 0 aliphatic carbocycles. The lowest BCUT2D eigenvalue weighted by molar-refractivity contribution is 0.0943. The summed E-state index contributed by atoms with van der Waals surface area (Å²) in [6.07, 6.45) is 3.56. The summed E-state index contributed by atoms with van der Waals surface area (Å²) < 4.78 is 5.37. The molecule has 0 unspecified atom stereocenters. The number of carbonyl (C=O) groups excluding carboxylic acids is 1. The second-order valence-electron chi connectivity index (χ2n) is 4.91. The molecule has 0 spiro atoms. The highest BCUT2D eigenvalue weighted by atomic mass is 16.5. The van der Waals surface area contributed by atoms with Crippen molar-refractivity contribution in [2.24, 2.45) is 0 Å². The van der Waals surface area contributed by atoms with Crippen molar-refractivity contribution < 1.29 is 9.53 Å². The van der Waals surface area contributed by atoms with Crippen LogP contribution in [0, 0.1) is 0 Å². The Balaban J connectivity index is 1.91. The molecule has 0 saturated heterocycles. The maximum Gasteiger partial charge on any atom is 0.176 e. The van der Waals surface area contributed by atoms with E-state index in [9.17, 15) is 4.79 Å². The number of hydrogen-bond donors (Lipinski definition) is 0. The van der Waals surface area contributed by atoms with E-state index in [1.807, 2.05) is 61.5 Å². The van der Waals surface area contributed by atoms with Crippen LogP contribution in [0.15, 0.2) is 48.8 Å². The van der Waals surface area contributed by atoms with Gasteiger partial charge in [0.15, 0.2) is 5.78 Å². The first-order valence-corrected chi connectivity index (χ1v) is 7.02. The van der Waals surface area contributed by atoms with Gasteiger partial charge in [0.05, 0.1) is 13.2 Å². The Hall–Kier alpha value is -2.20. The van der Waals surface area contributed by atoms with E-state index in [-0.39, 0.29) is 5.78 Å². The van der Waals surface area contributed by atoms with E-state index in [4.69, 9.17) is 4.74 Å². The van der Waals surface area contributed by atoms with Gasteiger partial charge in [-0.05, 0) is 49.9 Å². The van der Waals surface area contributed by atoms with Crippen LogP contribution in [-0.4, -0.2) is 35.9 Å². The Morgan fingerprint density at radius 3 is 2.62 bits per heavy atom. The van der Waals surface area contributed by atoms with Crippen molar-refractivity contribution in [1.29, 1.82) is 0 Å². The molecule has 0 N–H and O–H groups in total. The molecule has 1 aromatic carbocycles. The number of rotatable bonds is 7. The van der Waals surface area contributed by atoms with Gasteiger partial charge in [-0.25, -0.2) is 0 Å². The number of Topliss-reactive ketones (excluding diaryl/α,β-unsaturated/α-hetero) is 1. The highest BCUT2D eigenvalue weighted by molar-refractivity contribution is 5.97. The van der Waals surface area contributed by atoms with Crippen LogP contribution in [0.5, 0.6) is 5.75 Å². The van der Waals surface area contributed by atoms with E-state index < -0.39 is 0 Å². The number of benzene rings is 1. The number of hydrogen-bond acceptors (Lipinski definition) is 4. The summed E-state index contributed by atoms with van der Waals surface area (Å²) in [5, 5.41) is 0. The van der Waals surface area contributed by atoms with Crippen LogP contribution in [0.25, 0.3) is 0 Å². The van der Waals surface area contributed by atoms with Crippen molar-refractivity contribution >= 4 is 5.78 Å². The fraction of sp³-hybridized carbons (Fsp3) is 0.294. The number of likely N-dealkylation sites (N-methyl/N-ethyl adjacent to an activating group) is 1. The largest absolute Gasteiger partial charge is 0.494 e. The molecule has 0 fully saturated rings. The molecule has 2 aromatic rings. The van der Waals surface area contributed by atoms with Crippen LogP contribution < -0.4 is 4.74 Å². The molecule has 4 nitrogen and oxygen atoms in total. The minimum atomic E-state index is 0.101. The third kappa shape index (κ3) is 4.68. The van der Waals surface area contributed by atoms with Crippen molar-refractivity contribution in [2.75, 3.05) is 20.2 Å². The molecule has 0 atom stereocenters. The highest BCUT2D eigenvalue weighted by Gasteiger charge is 2.10. The predicted octanol–water partition coefficient (Wildman–Crippen LogP) is 2.80. The first-order valence-electron chi connectivity index (χ1n) is 7.02. The van der Waals surface area contributed by atoms with Crippen LogP contribution in [0.3, 0.4) is 0 Å². The van der Waals surface area contributed by atoms with E-state index >= 15 is 0 Å². The maximum atomic E-state index is 12.2. The van der Waals surface area contributed by atoms with Gasteiger partial charge in [-0.15, -0.1) is 0 Å². The SMILES string of the molecule is CCOc1ccc(C(=O)CN(C)Cc2cccnc2)cc1. The molecular formula is C17H20N2O2. The lowest BCUT2D eigenvalue weighted by Crippen LogP contribution is -2.25. The zero-order valence-electron chi connectivity index (χ0n) is 12.5. The van der Waals surface area contributed by atoms with Gasteiger partial charge < -0.3 is 4.74 Å². The van der Waals surface area contributed by atoms with E-state index in [1.54, 1.807) is 6.20 Å². The molecular weight excluding hydrogens is 264 g/mol. The van der Waals surface area contributed by atoms with Gasteiger partial charge in [0, 0.05) is 24.5 Å². The number of aromatic nitrogens is 1. The molecule has 21 heavy (non-hydrogen) atoms. The van der Waals surface area contributed by atoms with Gasteiger partial charge in [-0.2, -0.15) is 0 Å². The zero-order chi connectivity index (χ0) is 15.1. The van der Waals surface area contributed by atoms with Gasteiger partial charge >= 0.3 is 0 Å². The van der Waals surface area contributed by atoms with Crippen LogP contribution in [-0.2, 0) is 6.54 Å². The summed E-state index contributed by atoms with van der Waals surface area (Å²) in [4.78, 5) is 18.3. The van der Waals surface area contributed by atoms with E-state index in [0.717, 1.165) is 11.3 Å². The molecule has 0 amide bonds. The van der Waals surface area contributed by atoms with Gasteiger partial charge in [0.1, 0.15) is 5.75 Å². The van der Waals surface area contributed by atoms with Crippen LogP contribution in [0.4, 0.5) is 0 Å². The topological polar surface area (TPSA) is 42.4 Å². The summed E-state index contributed by atoms with van der Waals surface area (Å²) in [6, 6.07) is 11.2. The van der Waals surface area contributed by atoms with Gasteiger partial charge in [0.2, 0.25) is 0 Å². The molecule has 0 radical (unpaired) electrons. The third-order valence-corrected chi connectivity index (χ3v) is 3.08. The minimum absolute atomic E-state index is 0.101. The van der Waals surface area contributed by atoms with E-state index in [0.29, 0.717) is 25.3 Å². The normalized spacial score (nSPS) is 10.6. The van der Waals surface area contributed by atoms with Gasteiger partial charge in [-0.1, -0.05) is 6.07 Å². The lowest BCUT2D eigenvalue weighted by Gasteiger charge is -2.15. The minimum Gasteiger partial charge on any atom is -0.494 e. The van der Waals surface area contributed by atoms with Crippen molar-refractivity contribution in [3.05, 3.63) is 59.9 Å². The van der Waals surface area contributed by atoms with Crippen LogP contribution in [0.2, 0.25) is 0 Å². The molecule has 1 heterocycles. The Kier molecular flexibility index (Phi) is 5.46. The first-order chi connectivity index (χ1) is 10.2. The summed E-state index contributed by atoms with van der Waals surface area (Å²) >= 11 is 0. The summed E-state index contributed by atoms with van der Waals surface area (Å²) in [6.45, 7) is 3.65. The number of ether oxygens (including phenoxy) is 1. The van der Waals surface area contributed by atoms with Crippen molar-refractivity contribution in [3.63, 3.8) is 0 Å². The molecule has 0 aliphatic rings. The van der Waals surface area contributed by atoms with Crippen molar-refractivity contribution in [3.8, 4) is 5.75 Å². The Morgan fingerprint density at radius 1 is 1.24 bits per heavy atom. The second-order valence-corrected chi connectivity index (χ2v) is 4.91. The van der Waals surface area contributed by atoms with Crippen LogP contribution >= 0.6 is 0 Å². The lowest BCUT2D eigenvalue weighted by atomic mass is 10.1. The fourth-order valence-electron chi connectivity index (χ4n) is 2.10. The summed E-state index contributed by atoms with van der Waals surface area (Å²) in [5.74, 6) is 0.891.